The molecule has 3 heterocycles. The molecule has 1 saturated carbocycles. The van der Waals surface area contributed by atoms with Crippen molar-refractivity contribution in [3.8, 4) is 0 Å². The Kier molecular flexibility index (Phi) is 6.09. The number of hydrogen-bond acceptors (Lipinski definition) is 5. The van der Waals surface area contributed by atoms with E-state index < -0.39 is 0 Å². The average molecular weight is 475 g/mol. The van der Waals surface area contributed by atoms with Crippen molar-refractivity contribution in [2.75, 3.05) is 18.5 Å². The Morgan fingerprint density at radius 1 is 1.20 bits per heavy atom. The number of amides is 1. The number of nitrogens with one attached hydrogen (secondary N) is 1. The normalized spacial score (nSPS) is 14.2. The Bertz CT molecular complexity index is 1390. The van der Waals surface area contributed by atoms with E-state index in [-0.39, 0.29) is 11.4 Å². The van der Waals surface area contributed by atoms with Crippen molar-refractivity contribution in [3.63, 3.8) is 0 Å². The zero-order valence-electron chi connectivity index (χ0n) is 21.3. The van der Waals surface area contributed by atoms with Gasteiger partial charge in [0.25, 0.3) is 5.91 Å². The van der Waals surface area contributed by atoms with Crippen LogP contribution in [0.4, 0.5) is 5.95 Å². The van der Waals surface area contributed by atoms with Gasteiger partial charge in [-0.25, -0.2) is 14.6 Å². The van der Waals surface area contributed by atoms with Gasteiger partial charge in [0.05, 0.1) is 33.2 Å². The van der Waals surface area contributed by atoms with Crippen molar-refractivity contribution < 1.29 is 9.53 Å². The molecule has 0 saturated heterocycles. The fourth-order valence-corrected chi connectivity index (χ4v) is 4.58. The minimum absolute atomic E-state index is 0.183. The number of rotatable bonds is 8. The average Bonchev–Trinajstić information content (AvgIpc) is 3.54. The Labute approximate surface area is 205 Å². The number of benzene rings is 1. The second-order valence-corrected chi connectivity index (χ2v) is 10.3. The van der Waals surface area contributed by atoms with Crippen molar-refractivity contribution in [3.05, 3.63) is 47.3 Å². The van der Waals surface area contributed by atoms with Gasteiger partial charge in [0.15, 0.2) is 5.65 Å². The first-order chi connectivity index (χ1) is 16.8. The van der Waals surface area contributed by atoms with Gasteiger partial charge in [-0.1, -0.05) is 12.1 Å². The molecule has 1 fully saturated rings. The van der Waals surface area contributed by atoms with Gasteiger partial charge in [0.2, 0.25) is 5.95 Å². The molecule has 8 nitrogen and oxygen atoms in total. The van der Waals surface area contributed by atoms with E-state index in [1.165, 1.54) is 0 Å². The zero-order chi connectivity index (χ0) is 24.7. The smallest absolute Gasteiger partial charge is 0.258 e. The fourth-order valence-electron chi connectivity index (χ4n) is 4.58. The van der Waals surface area contributed by atoms with Gasteiger partial charge in [-0.05, 0) is 72.1 Å². The van der Waals surface area contributed by atoms with Crippen LogP contribution in [0.15, 0.2) is 30.3 Å². The summed E-state index contributed by atoms with van der Waals surface area (Å²) in [5, 5.41) is 8.71. The van der Waals surface area contributed by atoms with Crippen molar-refractivity contribution in [2.45, 2.75) is 71.9 Å². The zero-order valence-corrected chi connectivity index (χ0v) is 21.3. The van der Waals surface area contributed by atoms with Crippen LogP contribution in [-0.4, -0.2) is 43.4 Å². The first-order valence-corrected chi connectivity index (χ1v) is 12.5. The van der Waals surface area contributed by atoms with Gasteiger partial charge in [0, 0.05) is 31.4 Å². The summed E-state index contributed by atoms with van der Waals surface area (Å²) in [6, 6.07) is 9.92. The van der Waals surface area contributed by atoms with E-state index in [1.807, 2.05) is 48.9 Å². The van der Waals surface area contributed by atoms with Gasteiger partial charge < -0.3 is 9.30 Å². The van der Waals surface area contributed by atoms with Crippen LogP contribution in [0, 0.1) is 6.92 Å². The quantitative estimate of drug-likeness (QED) is 0.346. The summed E-state index contributed by atoms with van der Waals surface area (Å²) in [6.07, 6.45) is 3.05. The minimum Gasteiger partial charge on any atom is -0.382 e. The topological polar surface area (TPSA) is 86.9 Å². The van der Waals surface area contributed by atoms with Crippen LogP contribution in [0.5, 0.6) is 0 Å². The fraction of sp³-hybridized carbons (Fsp3) is 0.481. The Balaban J connectivity index is 1.56. The number of pyridine rings is 1. The number of carbonyl (C=O) groups is 1. The molecule has 184 valence electrons. The second kappa shape index (κ2) is 9.07. The Hall–Kier alpha value is -3.26. The lowest BCUT2D eigenvalue weighted by Crippen LogP contribution is -2.24. The third-order valence-corrected chi connectivity index (χ3v) is 6.46. The third-order valence-electron chi connectivity index (χ3n) is 6.46. The summed E-state index contributed by atoms with van der Waals surface area (Å²) in [7, 11) is 0. The maximum Gasteiger partial charge on any atom is 0.258 e. The number of anilines is 1. The van der Waals surface area contributed by atoms with Crippen LogP contribution in [0.3, 0.4) is 0 Å². The lowest BCUT2D eigenvalue weighted by Gasteiger charge is -2.20. The lowest BCUT2D eigenvalue weighted by atomic mass is 10.1. The molecule has 8 heteroatoms. The van der Waals surface area contributed by atoms with Crippen LogP contribution in [0.1, 0.15) is 74.6 Å². The molecule has 0 aliphatic heterocycles. The van der Waals surface area contributed by atoms with Crippen LogP contribution >= 0.6 is 0 Å². The summed E-state index contributed by atoms with van der Waals surface area (Å²) >= 11 is 0. The van der Waals surface area contributed by atoms with Gasteiger partial charge >= 0.3 is 0 Å². The molecular formula is C27H34N6O2. The molecule has 1 aliphatic carbocycles. The number of aromatic nitrogens is 5. The SMILES string of the molecule is CCOCCCn1c(NC(=O)c2cc(C3CC3)nc3c2c(C)nn3C(C)(C)C)nc2ccccc21. The van der Waals surface area contributed by atoms with Crippen LogP contribution < -0.4 is 5.32 Å². The number of carbonyl (C=O) groups excluding carboxylic acids is 1. The van der Waals surface area contributed by atoms with E-state index in [0.29, 0.717) is 37.2 Å². The summed E-state index contributed by atoms with van der Waals surface area (Å²) in [5.41, 5.74) is 4.76. The van der Waals surface area contributed by atoms with E-state index in [1.54, 1.807) is 0 Å². The van der Waals surface area contributed by atoms with Gasteiger partial charge in [-0.2, -0.15) is 5.10 Å². The molecule has 0 spiro atoms. The van der Waals surface area contributed by atoms with E-state index >= 15 is 0 Å². The van der Waals surface area contributed by atoms with Crippen LogP contribution in [0.2, 0.25) is 0 Å². The molecule has 35 heavy (non-hydrogen) atoms. The van der Waals surface area contributed by atoms with E-state index in [2.05, 4.69) is 30.7 Å². The van der Waals surface area contributed by atoms with Crippen LogP contribution in [-0.2, 0) is 16.8 Å². The Morgan fingerprint density at radius 3 is 2.69 bits per heavy atom. The number of hydrogen-bond donors (Lipinski definition) is 1. The maximum absolute atomic E-state index is 13.8. The summed E-state index contributed by atoms with van der Waals surface area (Å²) in [5.74, 6) is 0.779. The molecule has 0 atom stereocenters. The van der Waals surface area contributed by atoms with Crippen molar-refractivity contribution >= 4 is 33.9 Å². The van der Waals surface area contributed by atoms with Gasteiger partial charge in [-0.15, -0.1) is 0 Å². The predicted octanol–water partition coefficient (Wildman–Crippen LogP) is 5.40. The molecular weight excluding hydrogens is 440 g/mol. The molecule has 3 aromatic heterocycles. The molecule has 0 unspecified atom stereocenters. The van der Waals surface area contributed by atoms with Gasteiger partial charge in [-0.3, -0.25) is 10.1 Å². The molecule has 0 bridgehead atoms. The molecule has 5 rings (SSSR count). The Morgan fingerprint density at radius 2 is 1.97 bits per heavy atom. The highest BCUT2D eigenvalue weighted by Crippen LogP contribution is 2.41. The molecule has 1 amide bonds. The largest absolute Gasteiger partial charge is 0.382 e. The maximum atomic E-state index is 13.8. The van der Waals surface area contributed by atoms with E-state index in [9.17, 15) is 4.79 Å². The first-order valence-electron chi connectivity index (χ1n) is 12.5. The highest BCUT2D eigenvalue weighted by Gasteiger charge is 2.30. The number of ether oxygens (including phenoxy) is 1. The van der Waals surface area contributed by atoms with Crippen LogP contribution in [0.25, 0.3) is 22.1 Å². The van der Waals surface area contributed by atoms with Crippen molar-refractivity contribution in [2.24, 2.45) is 0 Å². The summed E-state index contributed by atoms with van der Waals surface area (Å²) < 4.78 is 9.54. The monoisotopic (exact) mass is 474 g/mol. The van der Waals surface area contributed by atoms with E-state index in [0.717, 1.165) is 52.7 Å². The molecule has 0 radical (unpaired) electrons. The second-order valence-electron chi connectivity index (χ2n) is 10.3. The predicted molar refractivity (Wildman–Crippen MR) is 138 cm³/mol. The van der Waals surface area contributed by atoms with Crippen molar-refractivity contribution in [1.29, 1.82) is 0 Å². The minimum atomic E-state index is -0.246. The molecule has 1 aliphatic rings. The highest BCUT2D eigenvalue weighted by molar-refractivity contribution is 6.12. The molecule has 1 N–H and O–H groups in total. The molecule has 1 aromatic carbocycles. The number of nitrogens with zero attached hydrogens (tertiary/aromatic N) is 5. The summed E-state index contributed by atoms with van der Waals surface area (Å²) in [6.45, 7) is 12.3. The number of para-hydroxylation sites is 2. The summed E-state index contributed by atoms with van der Waals surface area (Å²) in [4.78, 5) is 23.5. The first kappa shape index (κ1) is 23.5. The van der Waals surface area contributed by atoms with E-state index in [4.69, 9.17) is 19.8 Å². The molecule has 4 aromatic rings. The lowest BCUT2D eigenvalue weighted by molar-refractivity contribution is 0.102. The van der Waals surface area contributed by atoms with Crippen molar-refractivity contribution in [1.82, 2.24) is 24.3 Å². The standard InChI is InChI=1S/C27H34N6O2/c1-6-35-15-9-14-32-22-11-8-7-10-20(22)29-26(32)30-25(34)19-16-21(18-12-13-18)28-24-23(19)17(2)31-33(24)27(3,4)5/h7-8,10-11,16,18H,6,9,12-15H2,1-5H3,(H,29,30,34). The number of aryl methyl sites for hydroxylation is 2. The number of fused-ring (bicyclic) bond motifs is 2. The number of imidazole rings is 1. The van der Waals surface area contributed by atoms with Gasteiger partial charge in [0.1, 0.15) is 0 Å². The third kappa shape index (κ3) is 4.55. The highest BCUT2D eigenvalue weighted by atomic mass is 16.5.